The fraction of sp³-hybridized carbons (Fsp3) is 0.333. The van der Waals surface area contributed by atoms with Crippen molar-refractivity contribution < 1.29 is 9.18 Å². The molecule has 3 aromatic rings. The maximum absolute atomic E-state index is 13.7. The number of hydrogen-bond donors (Lipinski definition) is 1. The van der Waals surface area contributed by atoms with E-state index in [4.69, 9.17) is 0 Å². The van der Waals surface area contributed by atoms with Gasteiger partial charge in [0, 0.05) is 42.4 Å². The number of fused-ring (bicyclic) bond motifs is 1. The summed E-state index contributed by atoms with van der Waals surface area (Å²) in [5, 5.41) is 4.42. The first kappa shape index (κ1) is 20.9. The van der Waals surface area contributed by atoms with Crippen LogP contribution in [0.3, 0.4) is 0 Å². The summed E-state index contributed by atoms with van der Waals surface area (Å²) in [6.07, 6.45) is 1.77. The van der Waals surface area contributed by atoms with Crippen LogP contribution in [0.1, 0.15) is 41.0 Å². The number of Topliss-reactive ketones (excluding diaryl/α,β-unsaturated/α-hetero) is 1. The van der Waals surface area contributed by atoms with Gasteiger partial charge in [0.05, 0.1) is 5.52 Å². The first-order valence-corrected chi connectivity index (χ1v) is 8.78. The summed E-state index contributed by atoms with van der Waals surface area (Å²) in [5.41, 5.74) is 4.68. The summed E-state index contributed by atoms with van der Waals surface area (Å²) in [6.45, 7) is 8.22. The molecule has 0 saturated carbocycles. The minimum Gasteiger partial charge on any atom is -0.365 e. The van der Waals surface area contributed by atoms with Gasteiger partial charge in [-0.3, -0.25) is 4.79 Å². The quantitative estimate of drug-likeness (QED) is 0.610. The van der Waals surface area contributed by atoms with Crippen molar-refractivity contribution in [2.24, 2.45) is 13.0 Å². The molecule has 0 atom stereocenters. The van der Waals surface area contributed by atoms with Crippen molar-refractivity contribution in [2.75, 3.05) is 5.32 Å². The van der Waals surface area contributed by atoms with Crippen LogP contribution in [0.2, 0.25) is 0 Å². The third kappa shape index (κ3) is 3.83. The monoisotopic (exact) mass is 389 g/mol. The van der Waals surface area contributed by atoms with E-state index in [1.165, 1.54) is 23.4 Å². The zero-order valence-electron chi connectivity index (χ0n) is 16.3. The second-order valence-electron chi connectivity index (χ2n) is 7.00. The van der Waals surface area contributed by atoms with Gasteiger partial charge in [-0.05, 0) is 43.2 Å². The molecule has 0 aliphatic rings. The summed E-state index contributed by atoms with van der Waals surface area (Å²) in [6, 6.07) is 6.37. The molecule has 4 nitrogen and oxygen atoms in total. The number of carbonyl (C=O) groups is 1. The molecule has 0 saturated heterocycles. The first-order chi connectivity index (χ1) is 12.3. The van der Waals surface area contributed by atoms with E-state index in [9.17, 15) is 9.18 Å². The Labute approximate surface area is 165 Å². The number of anilines is 1. The van der Waals surface area contributed by atoms with E-state index < -0.39 is 5.82 Å². The van der Waals surface area contributed by atoms with Gasteiger partial charge >= 0.3 is 0 Å². The van der Waals surface area contributed by atoms with Gasteiger partial charge < -0.3 is 9.88 Å². The standard InChI is InChI=1S/C21H24FN3O.ClH/c1-12(2)20(26)17-10-16(22)7-6-15(17)11-24-21-19-13(3)14(4)25(5)18(19)8-9-23-21;/h6-10,12H,11H2,1-5H3,(H,23,24);1H. The normalized spacial score (nSPS) is 10.9. The van der Waals surface area contributed by atoms with Crippen molar-refractivity contribution in [3.63, 3.8) is 0 Å². The SMILES string of the molecule is Cc1c(C)n(C)c2ccnc(NCc3ccc(F)cc3C(=O)C(C)C)c12.Cl. The van der Waals surface area contributed by atoms with E-state index in [-0.39, 0.29) is 24.1 Å². The van der Waals surface area contributed by atoms with Gasteiger partial charge in [0.1, 0.15) is 11.6 Å². The van der Waals surface area contributed by atoms with E-state index in [1.54, 1.807) is 12.3 Å². The van der Waals surface area contributed by atoms with Gasteiger partial charge in [0.15, 0.2) is 5.78 Å². The predicted molar refractivity (Wildman–Crippen MR) is 110 cm³/mol. The molecule has 3 rings (SSSR count). The van der Waals surface area contributed by atoms with E-state index in [2.05, 4.69) is 28.7 Å². The highest BCUT2D eigenvalue weighted by Gasteiger charge is 2.17. The van der Waals surface area contributed by atoms with Crippen molar-refractivity contribution >= 4 is 34.9 Å². The molecule has 1 N–H and O–H groups in total. The van der Waals surface area contributed by atoms with Gasteiger partial charge in [-0.15, -0.1) is 12.4 Å². The fourth-order valence-electron chi connectivity index (χ4n) is 3.27. The minimum atomic E-state index is -0.396. The smallest absolute Gasteiger partial charge is 0.165 e. The van der Waals surface area contributed by atoms with Gasteiger partial charge in [-0.1, -0.05) is 19.9 Å². The van der Waals surface area contributed by atoms with Crippen LogP contribution in [0, 0.1) is 25.6 Å². The molecule has 0 radical (unpaired) electrons. The van der Waals surface area contributed by atoms with Gasteiger partial charge in [0.2, 0.25) is 0 Å². The number of carbonyl (C=O) groups excluding carboxylic acids is 1. The molecule has 144 valence electrons. The topological polar surface area (TPSA) is 46.9 Å². The maximum Gasteiger partial charge on any atom is 0.165 e. The zero-order valence-corrected chi connectivity index (χ0v) is 17.1. The summed E-state index contributed by atoms with van der Waals surface area (Å²) >= 11 is 0. The molecular weight excluding hydrogens is 365 g/mol. The fourth-order valence-corrected chi connectivity index (χ4v) is 3.27. The Morgan fingerprint density at radius 3 is 2.63 bits per heavy atom. The summed E-state index contributed by atoms with van der Waals surface area (Å²) in [5.74, 6) is 0.138. The number of benzene rings is 1. The Balaban J connectivity index is 0.00000261. The molecule has 27 heavy (non-hydrogen) atoms. The predicted octanol–water partition coefficient (Wildman–Crippen LogP) is 5.20. The van der Waals surface area contributed by atoms with Crippen LogP contribution in [0.4, 0.5) is 10.2 Å². The Hall–Kier alpha value is -2.40. The molecular formula is C21H25ClFN3O. The second kappa shape index (κ2) is 8.09. The average molecular weight is 390 g/mol. The molecule has 0 aliphatic heterocycles. The van der Waals surface area contributed by atoms with Crippen LogP contribution in [0.5, 0.6) is 0 Å². The molecule has 0 amide bonds. The number of aromatic nitrogens is 2. The lowest BCUT2D eigenvalue weighted by Gasteiger charge is -2.13. The number of halogens is 2. The van der Waals surface area contributed by atoms with Crippen molar-refractivity contribution in [3.05, 3.63) is 58.7 Å². The number of hydrogen-bond acceptors (Lipinski definition) is 3. The summed E-state index contributed by atoms with van der Waals surface area (Å²) in [4.78, 5) is 16.9. The van der Waals surface area contributed by atoms with Crippen molar-refractivity contribution in [3.8, 4) is 0 Å². The Kier molecular flexibility index (Phi) is 6.26. The molecule has 1 aromatic carbocycles. The molecule has 0 bridgehead atoms. The Bertz CT molecular complexity index is 995. The third-order valence-electron chi connectivity index (χ3n) is 5.02. The molecule has 0 spiro atoms. The summed E-state index contributed by atoms with van der Waals surface area (Å²) in [7, 11) is 2.04. The number of nitrogens with one attached hydrogen (secondary N) is 1. The lowest BCUT2D eigenvalue weighted by Crippen LogP contribution is -2.13. The van der Waals surface area contributed by atoms with Crippen LogP contribution in [0.15, 0.2) is 30.5 Å². The molecule has 2 heterocycles. The second-order valence-corrected chi connectivity index (χ2v) is 7.00. The van der Waals surface area contributed by atoms with E-state index in [0.29, 0.717) is 12.1 Å². The molecule has 0 fully saturated rings. The van der Waals surface area contributed by atoms with Gasteiger partial charge in [-0.25, -0.2) is 9.37 Å². The molecule has 6 heteroatoms. The van der Waals surface area contributed by atoms with Crippen LogP contribution < -0.4 is 5.32 Å². The average Bonchev–Trinajstić information content (AvgIpc) is 2.85. The number of ketones is 1. The number of rotatable bonds is 5. The molecule has 0 aliphatic carbocycles. The minimum absolute atomic E-state index is 0. The zero-order chi connectivity index (χ0) is 19.0. The third-order valence-corrected chi connectivity index (χ3v) is 5.02. The van der Waals surface area contributed by atoms with Crippen LogP contribution in [-0.4, -0.2) is 15.3 Å². The van der Waals surface area contributed by atoms with Crippen LogP contribution >= 0.6 is 12.4 Å². The van der Waals surface area contributed by atoms with Crippen molar-refractivity contribution in [1.82, 2.24) is 9.55 Å². The van der Waals surface area contributed by atoms with Crippen LogP contribution in [-0.2, 0) is 13.6 Å². The van der Waals surface area contributed by atoms with E-state index in [0.717, 1.165) is 22.3 Å². The van der Waals surface area contributed by atoms with E-state index >= 15 is 0 Å². The molecule has 0 unspecified atom stereocenters. The summed E-state index contributed by atoms with van der Waals surface area (Å²) < 4.78 is 15.8. The maximum atomic E-state index is 13.7. The largest absolute Gasteiger partial charge is 0.365 e. The number of nitrogens with zero attached hydrogens (tertiary/aromatic N) is 2. The number of aryl methyl sites for hydroxylation is 2. The number of pyridine rings is 1. The van der Waals surface area contributed by atoms with E-state index in [1.807, 2.05) is 27.0 Å². The lowest BCUT2D eigenvalue weighted by molar-refractivity contribution is 0.0938. The Morgan fingerprint density at radius 1 is 1.26 bits per heavy atom. The molecule has 2 aromatic heterocycles. The van der Waals surface area contributed by atoms with Crippen molar-refractivity contribution in [1.29, 1.82) is 0 Å². The highest BCUT2D eigenvalue weighted by atomic mass is 35.5. The van der Waals surface area contributed by atoms with Crippen LogP contribution in [0.25, 0.3) is 10.9 Å². The van der Waals surface area contributed by atoms with Crippen molar-refractivity contribution in [2.45, 2.75) is 34.2 Å². The Morgan fingerprint density at radius 2 is 1.96 bits per heavy atom. The first-order valence-electron chi connectivity index (χ1n) is 8.78. The highest BCUT2D eigenvalue weighted by Crippen LogP contribution is 2.29. The van der Waals surface area contributed by atoms with Gasteiger partial charge in [-0.2, -0.15) is 0 Å². The van der Waals surface area contributed by atoms with Gasteiger partial charge in [0.25, 0.3) is 0 Å². The lowest BCUT2D eigenvalue weighted by atomic mass is 9.96. The highest BCUT2D eigenvalue weighted by molar-refractivity contribution is 5.99.